The van der Waals surface area contributed by atoms with Crippen LogP contribution in [0, 0.1) is 6.92 Å². The summed E-state index contributed by atoms with van der Waals surface area (Å²) in [5, 5.41) is 4.07. The monoisotopic (exact) mass is 367 g/mol. The Labute approximate surface area is 146 Å². The van der Waals surface area contributed by atoms with Gasteiger partial charge in [0.2, 0.25) is 5.09 Å². The van der Waals surface area contributed by atoms with Gasteiger partial charge in [0, 0.05) is 51.5 Å². The molecule has 0 spiro atoms. The molecular formula is C15H21N5O4S. The van der Waals surface area contributed by atoms with E-state index < -0.39 is 15.9 Å². The third kappa shape index (κ3) is 3.60. The molecule has 1 saturated heterocycles. The first-order valence-electron chi connectivity index (χ1n) is 7.88. The van der Waals surface area contributed by atoms with Gasteiger partial charge in [-0.05, 0) is 19.1 Å². The number of aryl methyl sites for hydroxylation is 2. The molecule has 1 amide bonds. The van der Waals surface area contributed by atoms with Crippen molar-refractivity contribution in [2.45, 2.75) is 18.6 Å². The molecule has 3 rings (SSSR count). The van der Waals surface area contributed by atoms with Crippen molar-refractivity contribution in [2.24, 2.45) is 12.8 Å². The maximum Gasteiger partial charge on any atom is 0.284 e. The Bertz CT molecular complexity index is 878. The zero-order chi connectivity index (χ0) is 18.2. The third-order valence-electron chi connectivity index (χ3n) is 4.26. The normalized spacial score (nSPS) is 17.0. The van der Waals surface area contributed by atoms with Crippen LogP contribution in [0.25, 0.3) is 0 Å². The molecular weight excluding hydrogens is 346 g/mol. The van der Waals surface area contributed by atoms with Gasteiger partial charge in [-0.3, -0.25) is 14.4 Å². The number of nitrogens with two attached hydrogens (primary N) is 1. The molecule has 1 fully saturated rings. The van der Waals surface area contributed by atoms with Crippen LogP contribution in [0.3, 0.4) is 0 Å². The molecule has 2 N–H and O–H groups in total. The summed E-state index contributed by atoms with van der Waals surface area (Å²) in [5.74, 6) is -0.956. The van der Waals surface area contributed by atoms with E-state index in [0.717, 1.165) is 17.8 Å². The van der Waals surface area contributed by atoms with Crippen LogP contribution in [0.15, 0.2) is 27.8 Å². The van der Waals surface area contributed by atoms with Crippen molar-refractivity contribution < 1.29 is 17.6 Å². The summed E-state index contributed by atoms with van der Waals surface area (Å²) in [6, 6.07) is 2.54. The third-order valence-corrected chi connectivity index (χ3v) is 6.03. The lowest BCUT2D eigenvalue weighted by molar-refractivity contribution is 0.0968. The summed E-state index contributed by atoms with van der Waals surface area (Å²) in [7, 11) is -1.88. The molecule has 0 unspecified atom stereocenters. The van der Waals surface area contributed by atoms with Gasteiger partial charge < -0.3 is 10.2 Å². The van der Waals surface area contributed by atoms with Crippen molar-refractivity contribution in [3.63, 3.8) is 0 Å². The molecule has 0 radical (unpaired) electrons. The molecule has 0 atom stereocenters. The van der Waals surface area contributed by atoms with E-state index in [1.807, 2.05) is 20.2 Å². The fourth-order valence-electron chi connectivity index (χ4n) is 2.89. The van der Waals surface area contributed by atoms with Crippen molar-refractivity contribution >= 4 is 15.9 Å². The van der Waals surface area contributed by atoms with Gasteiger partial charge in [-0.2, -0.15) is 9.40 Å². The highest BCUT2D eigenvalue weighted by Gasteiger charge is 2.31. The minimum absolute atomic E-state index is 0.163. The lowest BCUT2D eigenvalue weighted by Crippen LogP contribution is -2.48. The van der Waals surface area contributed by atoms with Gasteiger partial charge in [-0.15, -0.1) is 0 Å². The predicted molar refractivity (Wildman–Crippen MR) is 89.2 cm³/mol. The molecule has 3 heterocycles. The van der Waals surface area contributed by atoms with Crippen LogP contribution < -0.4 is 5.73 Å². The number of amides is 1. The number of hydrogen-bond acceptors (Lipinski definition) is 6. The summed E-state index contributed by atoms with van der Waals surface area (Å²) in [6.07, 6.45) is 1.98. The quantitative estimate of drug-likeness (QED) is 0.791. The molecule has 2 aromatic rings. The molecule has 25 heavy (non-hydrogen) atoms. The number of nitrogens with zero attached hydrogens (tertiary/aromatic N) is 4. The minimum Gasteiger partial charge on any atom is -0.438 e. The van der Waals surface area contributed by atoms with E-state index in [9.17, 15) is 13.2 Å². The number of carbonyl (C=O) groups is 1. The van der Waals surface area contributed by atoms with E-state index in [-0.39, 0.29) is 10.9 Å². The smallest absolute Gasteiger partial charge is 0.284 e. The lowest BCUT2D eigenvalue weighted by atomic mass is 10.2. The van der Waals surface area contributed by atoms with Crippen LogP contribution in [0.5, 0.6) is 0 Å². The first-order valence-corrected chi connectivity index (χ1v) is 9.32. The highest BCUT2D eigenvalue weighted by Crippen LogP contribution is 2.21. The zero-order valence-electron chi connectivity index (χ0n) is 14.2. The number of carbonyl (C=O) groups excluding carboxylic acids is 1. The lowest BCUT2D eigenvalue weighted by Gasteiger charge is -2.33. The minimum atomic E-state index is -3.76. The number of piperazine rings is 1. The van der Waals surface area contributed by atoms with Gasteiger partial charge in [-0.1, -0.05) is 0 Å². The average molecular weight is 367 g/mol. The fraction of sp³-hybridized carbons (Fsp3) is 0.467. The molecule has 0 saturated carbocycles. The van der Waals surface area contributed by atoms with Gasteiger partial charge in [0.25, 0.3) is 15.9 Å². The van der Waals surface area contributed by atoms with Crippen molar-refractivity contribution in [1.29, 1.82) is 0 Å². The maximum atomic E-state index is 12.6. The van der Waals surface area contributed by atoms with Gasteiger partial charge in [-0.25, -0.2) is 8.42 Å². The second kappa shape index (κ2) is 6.62. The summed E-state index contributed by atoms with van der Waals surface area (Å²) >= 11 is 0. The van der Waals surface area contributed by atoms with E-state index in [4.69, 9.17) is 10.2 Å². The van der Waals surface area contributed by atoms with E-state index >= 15 is 0 Å². The standard InChI is InChI=1S/C15H21N5O4S/c1-11-12(9-18(2)17-11)10-19-5-7-20(8-6-19)25(22,23)14-4-3-13(24-14)15(16)21/h3-4,9H,5-8,10H2,1-2H3,(H2,16,21). The predicted octanol–water partition coefficient (Wildman–Crippen LogP) is -0.0731. The van der Waals surface area contributed by atoms with Crippen molar-refractivity contribution in [3.05, 3.63) is 35.3 Å². The Hall–Kier alpha value is -2.17. The number of rotatable bonds is 5. The zero-order valence-corrected chi connectivity index (χ0v) is 15.0. The summed E-state index contributed by atoms with van der Waals surface area (Å²) < 4.78 is 33.4. The van der Waals surface area contributed by atoms with Crippen LogP contribution in [-0.4, -0.2) is 59.5 Å². The summed E-state index contributed by atoms with van der Waals surface area (Å²) in [5.41, 5.74) is 7.21. The van der Waals surface area contributed by atoms with Gasteiger partial charge in [0.1, 0.15) is 0 Å². The second-order valence-corrected chi connectivity index (χ2v) is 7.95. The number of primary amides is 1. The highest BCUT2D eigenvalue weighted by atomic mass is 32.2. The molecule has 9 nitrogen and oxygen atoms in total. The Morgan fingerprint density at radius 1 is 1.28 bits per heavy atom. The first-order chi connectivity index (χ1) is 11.8. The average Bonchev–Trinajstić information content (AvgIpc) is 3.16. The fourth-order valence-corrected chi connectivity index (χ4v) is 4.22. The van der Waals surface area contributed by atoms with Crippen molar-refractivity contribution in [2.75, 3.05) is 26.2 Å². The Morgan fingerprint density at radius 2 is 1.96 bits per heavy atom. The van der Waals surface area contributed by atoms with E-state index in [0.29, 0.717) is 26.2 Å². The molecule has 0 aromatic carbocycles. The SMILES string of the molecule is Cc1nn(C)cc1CN1CCN(S(=O)(=O)c2ccc(C(N)=O)o2)CC1. The second-order valence-electron chi connectivity index (χ2n) is 6.08. The molecule has 1 aliphatic rings. The molecule has 0 bridgehead atoms. The largest absolute Gasteiger partial charge is 0.438 e. The molecule has 136 valence electrons. The first kappa shape index (κ1) is 17.6. The van der Waals surface area contributed by atoms with Gasteiger partial charge >= 0.3 is 0 Å². The van der Waals surface area contributed by atoms with Crippen LogP contribution in [0.2, 0.25) is 0 Å². The number of hydrogen-bond donors (Lipinski definition) is 1. The Morgan fingerprint density at radius 3 is 2.48 bits per heavy atom. The maximum absolute atomic E-state index is 12.6. The number of sulfonamides is 1. The van der Waals surface area contributed by atoms with Gasteiger partial charge in [0.15, 0.2) is 5.76 Å². The summed E-state index contributed by atoms with van der Waals surface area (Å²) in [6.45, 7) is 4.62. The van der Waals surface area contributed by atoms with Gasteiger partial charge in [0.05, 0.1) is 5.69 Å². The number of aromatic nitrogens is 2. The van der Waals surface area contributed by atoms with E-state index in [1.54, 1.807) is 4.68 Å². The van der Waals surface area contributed by atoms with E-state index in [1.165, 1.54) is 16.4 Å². The molecule has 0 aliphatic carbocycles. The summed E-state index contributed by atoms with van der Waals surface area (Å²) in [4.78, 5) is 13.3. The number of furan rings is 1. The molecule has 10 heteroatoms. The Kier molecular flexibility index (Phi) is 4.67. The molecule has 1 aliphatic heterocycles. The van der Waals surface area contributed by atoms with Crippen LogP contribution >= 0.6 is 0 Å². The van der Waals surface area contributed by atoms with Crippen molar-refractivity contribution in [3.8, 4) is 0 Å². The Balaban J connectivity index is 1.64. The van der Waals surface area contributed by atoms with Crippen LogP contribution in [0.1, 0.15) is 21.8 Å². The topological polar surface area (TPSA) is 115 Å². The molecule has 2 aromatic heterocycles. The highest BCUT2D eigenvalue weighted by molar-refractivity contribution is 7.89. The van der Waals surface area contributed by atoms with E-state index in [2.05, 4.69) is 10.00 Å². The van der Waals surface area contributed by atoms with Crippen LogP contribution in [-0.2, 0) is 23.6 Å². The van der Waals surface area contributed by atoms with Crippen molar-refractivity contribution in [1.82, 2.24) is 19.0 Å². The van der Waals surface area contributed by atoms with Crippen LogP contribution in [0.4, 0.5) is 0 Å².